The highest BCUT2D eigenvalue weighted by Crippen LogP contribution is 2.50. The van der Waals surface area contributed by atoms with Gasteiger partial charge in [0.05, 0.1) is 17.1 Å². The minimum Gasteiger partial charge on any atom is -0.306 e. The highest BCUT2D eigenvalue weighted by atomic mass is 35.5. The Morgan fingerprint density at radius 3 is 2.96 bits per heavy atom. The zero-order chi connectivity index (χ0) is 19.1. The number of aromatic nitrogens is 4. The van der Waals surface area contributed by atoms with Gasteiger partial charge in [-0.2, -0.15) is 0 Å². The molecule has 1 N–H and O–H groups in total. The van der Waals surface area contributed by atoms with Gasteiger partial charge in [-0.15, -0.1) is 21.8 Å². The number of alkyl halides is 1. The van der Waals surface area contributed by atoms with Crippen LogP contribution in [0.5, 0.6) is 0 Å². The number of pyridine rings is 1. The molecule has 5 rings (SSSR count). The fourth-order valence-electron chi connectivity index (χ4n) is 4.85. The minimum atomic E-state index is -0.317. The lowest BCUT2D eigenvalue weighted by Crippen LogP contribution is -2.31. The van der Waals surface area contributed by atoms with Crippen LogP contribution in [0.15, 0.2) is 48.9 Å². The van der Waals surface area contributed by atoms with Gasteiger partial charge in [0.2, 0.25) is 0 Å². The molecular formula is C22H24ClN5. The lowest BCUT2D eigenvalue weighted by Gasteiger charge is -2.40. The number of hydrogen-bond donors (Lipinski definition) is 1. The highest BCUT2D eigenvalue weighted by Gasteiger charge is 2.40. The molecule has 3 aromatic rings. The van der Waals surface area contributed by atoms with E-state index in [1.807, 2.05) is 12.3 Å². The molecule has 0 spiro atoms. The van der Waals surface area contributed by atoms with Crippen LogP contribution in [0.1, 0.15) is 54.7 Å². The second-order valence-corrected chi connectivity index (χ2v) is 8.83. The summed E-state index contributed by atoms with van der Waals surface area (Å²) in [5, 5.41) is 11.7. The molecule has 3 atom stereocenters. The van der Waals surface area contributed by atoms with Crippen LogP contribution in [0.4, 0.5) is 0 Å². The standard InChI is InChI=1S/C22H24ClN5/c1-15-11-22(23,8-7-18(15)19-4-2-3-9-25-19)17-5-6-20-16(10-17)12-24-13-21-27-26-14-28(20)21/h2-6,9-10,14-15,18,24H,7-8,11-13H2,1H3. The molecule has 5 nitrogen and oxygen atoms in total. The highest BCUT2D eigenvalue weighted by molar-refractivity contribution is 6.24. The van der Waals surface area contributed by atoms with Crippen molar-refractivity contribution in [2.24, 2.45) is 5.92 Å². The molecular weight excluding hydrogens is 370 g/mol. The summed E-state index contributed by atoms with van der Waals surface area (Å²) in [4.78, 5) is 4.27. The van der Waals surface area contributed by atoms with E-state index in [0.29, 0.717) is 11.8 Å². The molecule has 3 unspecified atom stereocenters. The van der Waals surface area contributed by atoms with Crippen LogP contribution in [0.2, 0.25) is 0 Å². The summed E-state index contributed by atoms with van der Waals surface area (Å²) in [5.41, 5.74) is 4.80. The Balaban J connectivity index is 1.43. The van der Waals surface area contributed by atoms with Crippen LogP contribution in [0, 0.1) is 5.92 Å². The summed E-state index contributed by atoms with van der Waals surface area (Å²) in [7, 11) is 0. The minimum absolute atomic E-state index is 0.317. The van der Waals surface area contributed by atoms with E-state index in [9.17, 15) is 0 Å². The number of nitrogens with one attached hydrogen (secondary N) is 1. The van der Waals surface area contributed by atoms with Crippen LogP contribution in [0.25, 0.3) is 5.69 Å². The monoisotopic (exact) mass is 393 g/mol. The average molecular weight is 394 g/mol. The largest absolute Gasteiger partial charge is 0.306 e. The van der Waals surface area contributed by atoms with E-state index in [-0.39, 0.29) is 4.87 Å². The van der Waals surface area contributed by atoms with Crippen LogP contribution in [0.3, 0.4) is 0 Å². The third-order valence-corrected chi connectivity index (χ3v) is 6.89. The molecule has 1 fully saturated rings. The molecule has 1 saturated carbocycles. The molecule has 2 aliphatic rings. The van der Waals surface area contributed by atoms with Gasteiger partial charge >= 0.3 is 0 Å². The lowest BCUT2D eigenvalue weighted by atomic mass is 9.70. The Morgan fingerprint density at radius 1 is 1.21 bits per heavy atom. The zero-order valence-corrected chi connectivity index (χ0v) is 16.7. The zero-order valence-electron chi connectivity index (χ0n) is 16.0. The van der Waals surface area contributed by atoms with Gasteiger partial charge in [-0.1, -0.05) is 25.1 Å². The Kier molecular flexibility index (Phi) is 4.44. The first-order valence-electron chi connectivity index (χ1n) is 9.97. The van der Waals surface area contributed by atoms with Crippen molar-refractivity contribution in [3.05, 3.63) is 71.6 Å². The Bertz CT molecular complexity index is 986. The predicted octanol–water partition coefficient (Wildman–Crippen LogP) is 4.30. The number of rotatable bonds is 2. The SMILES string of the molecule is CC1CC(Cl)(c2ccc3c(c2)CNCc2nncn2-3)CCC1c1ccccn1. The fourth-order valence-corrected chi connectivity index (χ4v) is 5.32. The van der Waals surface area contributed by atoms with Crippen molar-refractivity contribution in [1.29, 1.82) is 0 Å². The van der Waals surface area contributed by atoms with Crippen molar-refractivity contribution < 1.29 is 0 Å². The first-order valence-corrected chi connectivity index (χ1v) is 10.3. The quantitative estimate of drug-likeness (QED) is 0.659. The number of hydrogen-bond acceptors (Lipinski definition) is 4. The van der Waals surface area contributed by atoms with E-state index in [4.69, 9.17) is 11.6 Å². The van der Waals surface area contributed by atoms with Gasteiger partial charge in [-0.05, 0) is 54.5 Å². The van der Waals surface area contributed by atoms with Crippen molar-refractivity contribution >= 4 is 11.6 Å². The summed E-state index contributed by atoms with van der Waals surface area (Å²) in [6.07, 6.45) is 6.66. The molecule has 0 saturated heterocycles. The lowest BCUT2D eigenvalue weighted by molar-refractivity contribution is 0.266. The van der Waals surface area contributed by atoms with Crippen LogP contribution < -0.4 is 5.32 Å². The molecule has 144 valence electrons. The van der Waals surface area contributed by atoms with E-state index in [0.717, 1.165) is 43.9 Å². The molecule has 2 aromatic heterocycles. The number of fused-ring (bicyclic) bond motifs is 3. The van der Waals surface area contributed by atoms with Gasteiger partial charge in [0.15, 0.2) is 5.82 Å². The molecule has 1 aliphatic carbocycles. The predicted molar refractivity (Wildman–Crippen MR) is 109 cm³/mol. The second kappa shape index (κ2) is 6.98. The van der Waals surface area contributed by atoms with Crippen molar-refractivity contribution in [2.75, 3.05) is 0 Å². The van der Waals surface area contributed by atoms with Gasteiger partial charge in [-0.3, -0.25) is 9.55 Å². The molecule has 6 heteroatoms. The number of halogens is 1. The smallest absolute Gasteiger partial charge is 0.151 e. The summed E-state index contributed by atoms with van der Waals surface area (Å²) >= 11 is 7.24. The number of nitrogens with zero attached hydrogens (tertiary/aromatic N) is 4. The van der Waals surface area contributed by atoms with E-state index >= 15 is 0 Å². The fraction of sp³-hybridized carbons (Fsp3) is 0.409. The van der Waals surface area contributed by atoms with E-state index in [2.05, 4.69) is 62.3 Å². The van der Waals surface area contributed by atoms with Crippen LogP contribution in [-0.2, 0) is 18.0 Å². The Labute approximate surface area is 170 Å². The normalized spacial score (nSPS) is 26.9. The summed E-state index contributed by atoms with van der Waals surface area (Å²) in [5.74, 6) is 1.91. The van der Waals surface area contributed by atoms with Crippen molar-refractivity contribution in [1.82, 2.24) is 25.1 Å². The molecule has 0 radical (unpaired) electrons. The maximum Gasteiger partial charge on any atom is 0.151 e. The molecule has 3 heterocycles. The summed E-state index contributed by atoms with van der Waals surface area (Å²) in [6, 6.07) is 12.8. The maximum absolute atomic E-state index is 7.24. The Morgan fingerprint density at radius 2 is 2.14 bits per heavy atom. The first-order chi connectivity index (χ1) is 13.6. The van der Waals surface area contributed by atoms with E-state index in [1.165, 1.54) is 16.8 Å². The van der Waals surface area contributed by atoms with Crippen LogP contribution >= 0.6 is 11.6 Å². The van der Waals surface area contributed by atoms with Gasteiger partial charge < -0.3 is 5.32 Å². The average Bonchev–Trinajstić information content (AvgIpc) is 3.10. The third-order valence-electron chi connectivity index (χ3n) is 6.33. The van der Waals surface area contributed by atoms with Gasteiger partial charge in [0.25, 0.3) is 0 Å². The van der Waals surface area contributed by atoms with Gasteiger partial charge in [0, 0.05) is 24.4 Å². The van der Waals surface area contributed by atoms with Crippen LogP contribution in [-0.4, -0.2) is 19.7 Å². The first kappa shape index (κ1) is 17.8. The van der Waals surface area contributed by atoms with Crippen molar-refractivity contribution in [3.63, 3.8) is 0 Å². The van der Waals surface area contributed by atoms with Gasteiger partial charge in [0.1, 0.15) is 6.33 Å². The Hall–Kier alpha value is -2.24. The van der Waals surface area contributed by atoms with E-state index < -0.39 is 0 Å². The number of benzene rings is 1. The summed E-state index contributed by atoms with van der Waals surface area (Å²) < 4.78 is 2.07. The second-order valence-electron chi connectivity index (χ2n) is 8.11. The third kappa shape index (κ3) is 3.03. The molecule has 0 amide bonds. The topological polar surface area (TPSA) is 55.6 Å². The van der Waals surface area contributed by atoms with Gasteiger partial charge in [-0.25, -0.2) is 0 Å². The molecule has 1 aromatic carbocycles. The molecule has 28 heavy (non-hydrogen) atoms. The van der Waals surface area contributed by atoms with Crippen molar-refractivity contribution in [3.8, 4) is 5.69 Å². The van der Waals surface area contributed by atoms with Crippen molar-refractivity contribution in [2.45, 2.75) is 50.1 Å². The molecule has 1 aliphatic heterocycles. The maximum atomic E-state index is 7.24. The van der Waals surface area contributed by atoms with E-state index in [1.54, 1.807) is 6.33 Å². The summed E-state index contributed by atoms with van der Waals surface area (Å²) in [6.45, 7) is 3.84. The molecule has 0 bridgehead atoms.